The van der Waals surface area contributed by atoms with Crippen molar-refractivity contribution >= 4 is 27.4 Å². The van der Waals surface area contributed by atoms with Gasteiger partial charge in [0.2, 0.25) is 10.0 Å². The molecule has 0 spiro atoms. The maximum absolute atomic E-state index is 12.4. The van der Waals surface area contributed by atoms with Crippen molar-refractivity contribution in [1.29, 1.82) is 0 Å². The van der Waals surface area contributed by atoms with E-state index in [0.717, 1.165) is 25.8 Å². The lowest BCUT2D eigenvalue weighted by atomic mass is 10.0. The van der Waals surface area contributed by atoms with Gasteiger partial charge in [-0.05, 0) is 32.8 Å². The molecule has 0 radical (unpaired) electrons. The van der Waals surface area contributed by atoms with Crippen LogP contribution < -0.4 is 10.0 Å². The topological polar surface area (TPSA) is 71.1 Å². The van der Waals surface area contributed by atoms with E-state index in [4.69, 9.17) is 11.6 Å². The third kappa shape index (κ3) is 5.45. The number of sulfonamides is 1. The summed E-state index contributed by atoms with van der Waals surface area (Å²) in [7, 11) is -3.62. The first kappa shape index (κ1) is 18.2. The molecule has 5 nitrogen and oxygen atoms in total. The van der Waals surface area contributed by atoms with Crippen molar-refractivity contribution in [2.75, 3.05) is 11.9 Å². The van der Waals surface area contributed by atoms with E-state index in [2.05, 4.69) is 15.0 Å². The molecule has 1 heterocycles. The van der Waals surface area contributed by atoms with Crippen molar-refractivity contribution in [3.8, 4) is 0 Å². The predicted octanol–water partition coefficient (Wildman–Crippen LogP) is 3.41. The molecule has 1 rings (SSSR count). The molecule has 1 aromatic heterocycles. The summed E-state index contributed by atoms with van der Waals surface area (Å²) >= 11 is 6.09. The van der Waals surface area contributed by atoms with Gasteiger partial charge in [-0.25, -0.2) is 18.1 Å². The van der Waals surface area contributed by atoms with Gasteiger partial charge in [-0.3, -0.25) is 0 Å². The van der Waals surface area contributed by atoms with E-state index >= 15 is 0 Å². The fourth-order valence-corrected chi connectivity index (χ4v) is 3.75. The van der Waals surface area contributed by atoms with Gasteiger partial charge in [-0.2, -0.15) is 0 Å². The van der Waals surface area contributed by atoms with E-state index in [-0.39, 0.29) is 4.90 Å². The average Bonchev–Trinajstić information content (AvgIpc) is 2.35. The van der Waals surface area contributed by atoms with Gasteiger partial charge in [0.15, 0.2) is 0 Å². The fraction of sp³-hybridized carbons (Fsp3) is 0.643. The lowest BCUT2D eigenvalue weighted by Crippen LogP contribution is -2.43. The van der Waals surface area contributed by atoms with Crippen molar-refractivity contribution in [1.82, 2.24) is 9.71 Å². The van der Waals surface area contributed by atoms with Crippen LogP contribution in [0.2, 0.25) is 5.02 Å². The lowest BCUT2D eigenvalue weighted by Gasteiger charge is -2.25. The van der Waals surface area contributed by atoms with E-state index in [1.165, 1.54) is 12.3 Å². The van der Waals surface area contributed by atoms with Crippen molar-refractivity contribution in [2.45, 2.75) is 57.4 Å². The molecular formula is C14H24ClN3O2S. The smallest absolute Gasteiger partial charge is 0.242 e. The summed E-state index contributed by atoms with van der Waals surface area (Å²) in [6.45, 7) is 8.50. The van der Waals surface area contributed by atoms with Crippen molar-refractivity contribution in [3.05, 3.63) is 17.3 Å². The highest BCUT2D eigenvalue weighted by Crippen LogP contribution is 2.24. The standard InChI is InChI=1S/C14H24ClN3O2S/c1-5-7-14(3,4)18-21(19,20)11-9-12(15)13(17-10-11)16-8-6-2/h9-10,18H,5-8H2,1-4H3,(H,16,17). The molecule has 0 aromatic carbocycles. The van der Waals surface area contributed by atoms with Gasteiger partial charge < -0.3 is 5.32 Å². The number of rotatable bonds is 8. The second-order valence-electron chi connectivity index (χ2n) is 5.67. The van der Waals surface area contributed by atoms with Crippen LogP contribution in [0.25, 0.3) is 0 Å². The lowest BCUT2D eigenvalue weighted by molar-refractivity contribution is 0.417. The summed E-state index contributed by atoms with van der Waals surface area (Å²) in [5.41, 5.74) is -0.501. The van der Waals surface area contributed by atoms with E-state index in [9.17, 15) is 8.42 Å². The zero-order valence-corrected chi connectivity index (χ0v) is 14.6. The predicted molar refractivity (Wildman–Crippen MR) is 87.3 cm³/mol. The molecule has 2 N–H and O–H groups in total. The molecule has 21 heavy (non-hydrogen) atoms. The fourth-order valence-electron chi connectivity index (χ4n) is 2.04. The molecular weight excluding hydrogens is 310 g/mol. The molecule has 0 atom stereocenters. The van der Waals surface area contributed by atoms with Crippen LogP contribution >= 0.6 is 11.6 Å². The Morgan fingerprint density at radius 1 is 1.29 bits per heavy atom. The summed E-state index contributed by atoms with van der Waals surface area (Å²) < 4.78 is 27.4. The van der Waals surface area contributed by atoms with Crippen molar-refractivity contribution in [3.63, 3.8) is 0 Å². The second kappa shape index (κ2) is 7.42. The summed E-state index contributed by atoms with van der Waals surface area (Å²) in [5.74, 6) is 0.505. The maximum Gasteiger partial charge on any atom is 0.242 e. The molecule has 7 heteroatoms. The Kier molecular flexibility index (Phi) is 6.43. The van der Waals surface area contributed by atoms with Gasteiger partial charge >= 0.3 is 0 Å². The minimum atomic E-state index is -3.62. The van der Waals surface area contributed by atoms with Gasteiger partial charge in [-0.15, -0.1) is 0 Å². The highest BCUT2D eigenvalue weighted by Gasteiger charge is 2.26. The molecule has 0 saturated carbocycles. The first-order valence-corrected chi connectivity index (χ1v) is 9.01. The summed E-state index contributed by atoms with van der Waals surface area (Å²) in [5, 5.41) is 3.36. The third-order valence-electron chi connectivity index (χ3n) is 2.95. The maximum atomic E-state index is 12.4. The molecule has 120 valence electrons. The van der Waals surface area contributed by atoms with Crippen molar-refractivity contribution in [2.24, 2.45) is 0 Å². The highest BCUT2D eigenvalue weighted by atomic mass is 35.5. The van der Waals surface area contributed by atoms with E-state index in [1.54, 1.807) is 0 Å². The SMILES string of the molecule is CCCNc1ncc(S(=O)(=O)NC(C)(C)CCC)cc1Cl. The highest BCUT2D eigenvalue weighted by molar-refractivity contribution is 7.89. The molecule has 1 aromatic rings. The Morgan fingerprint density at radius 2 is 1.95 bits per heavy atom. The van der Waals surface area contributed by atoms with Gasteiger partial charge in [0, 0.05) is 18.3 Å². The molecule has 0 aliphatic carbocycles. The average molecular weight is 334 g/mol. The van der Waals surface area contributed by atoms with Gasteiger partial charge in [0.1, 0.15) is 10.7 Å². The molecule has 0 aliphatic rings. The number of pyridine rings is 1. The van der Waals surface area contributed by atoms with Crippen molar-refractivity contribution < 1.29 is 8.42 Å². The van der Waals surface area contributed by atoms with Crippen LogP contribution in [-0.2, 0) is 10.0 Å². The third-order valence-corrected chi connectivity index (χ3v) is 4.91. The van der Waals surface area contributed by atoms with Crippen LogP contribution in [0.5, 0.6) is 0 Å². The van der Waals surface area contributed by atoms with Crippen LogP contribution in [0, 0.1) is 0 Å². The number of halogens is 1. The monoisotopic (exact) mass is 333 g/mol. The Morgan fingerprint density at radius 3 is 2.48 bits per heavy atom. The number of anilines is 1. The van der Waals surface area contributed by atoms with Gasteiger partial charge in [-0.1, -0.05) is 31.9 Å². The molecule has 0 fully saturated rings. The van der Waals surface area contributed by atoms with E-state index in [0.29, 0.717) is 10.8 Å². The Balaban J connectivity index is 2.96. The molecule has 0 unspecified atom stereocenters. The Hall–Kier alpha value is -0.850. The van der Waals surface area contributed by atoms with Gasteiger partial charge in [0.25, 0.3) is 0 Å². The molecule has 0 bridgehead atoms. The molecule has 0 aliphatic heterocycles. The first-order chi connectivity index (χ1) is 9.72. The Bertz CT molecular complexity index is 574. The second-order valence-corrected chi connectivity index (χ2v) is 7.76. The summed E-state index contributed by atoms with van der Waals surface area (Å²) in [6, 6.07) is 1.43. The number of nitrogens with one attached hydrogen (secondary N) is 2. The van der Waals surface area contributed by atoms with E-state index in [1.807, 2.05) is 27.7 Å². The molecule has 0 saturated heterocycles. The summed E-state index contributed by atoms with van der Waals surface area (Å²) in [4.78, 5) is 4.18. The minimum Gasteiger partial charge on any atom is -0.369 e. The molecule has 0 amide bonds. The zero-order valence-electron chi connectivity index (χ0n) is 13.0. The van der Waals surface area contributed by atoms with E-state index < -0.39 is 15.6 Å². The van der Waals surface area contributed by atoms with Crippen LogP contribution in [-0.4, -0.2) is 25.5 Å². The number of hydrogen-bond acceptors (Lipinski definition) is 4. The quantitative estimate of drug-likeness (QED) is 0.764. The van der Waals surface area contributed by atoms with Crippen LogP contribution in [0.3, 0.4) is 0 Å². The van der Waals surface area contributed by atoms with Crippen LogP contribution in [0.1, 0.15) is 47.0 Å². The van der Waals surface area contributed by atoms with Gasteiger partial charge in [0.05, 0.1) is 5.02 Å². The summed E-state index contributed by atoms with van der Waals surface area (Å²) in [6.07, 6.45) is 3.91. The normalized spacial score (nSPS) is 12.4. The minimum absolute atomic E-state index is 0.0822. The largest absolute Gasteiger partial charge is 0.369 e. The van der Waals surface area contributed by atoms with Crippen LogP contribution in [0.4, 0.5) is 5.82 Å². The number of nitrogens with zero attached hydrogens (tertiary/aromatic N) is 1. The first-order valence-electron chi connectivity index (χ1n) is 7.15. The number of hydrogen-bond donors (Lipinski definition) is 2. The number of aromatic nitrogens is 1. The Labute approximate surface area is 132 Å². The zero-order chi connectivity index (χ0) is 16.1. The van der Waals surface area contributed by atoms with Crippen LogP contribution in [0.15, 0.2) is 17.2 Å².